The molecule has 0 aliphatic rings. The summed E-state index contributed by atoms with van der Waals surface area (Å²) in [7, 11) is 0. The first-order valence-corrected chi connectivity index (χ1v) is 9.52. The zero-order chi connectivity index (χ0) is 19.9. The number of hydrogen-bond acceptors (Lipinski definition) is 4. The molecule has 0 atom stereocenters. The first kappa shape index (κ1) is 20.3. The number of benzene rings is 3. The Morgan fingerprint density at radius 3 is 2.46 bits per heavy atom. The summed E-state index contributed by atoms with van der Waals surface area (Å²) in [6.07, 6.45) is 0. The predicted octanol–water partition coefficient (Wildman–Crippen LogP) is 5.30. The Hall–Kier alpha value is -2.40. The van der Waals surface area contributed by atoms with Gasteiger partial charge in [-0.15, -0.1) is 0 Å². The van der Waals surface area contributed by atoms with Crippen molar-refractivity contribution in [2.24, 2.45) is 0 Å². The maximum Gasteiger partial charge on any atom is 0.333 e. The lowest BCUT2D eigenvalue weighted by atomic mass is 9.97. The minimum atomic E-state index is -0.402. The van der Waals surface area contributed by atoms with Crippen molar-refractivity contribution in [2.45, 2.75) is 13.5 Å². The summed E-state index contributed by atoms with van der Waals surface area (Å²) >= 11 is 6.21. The summed E-state index contributed by atoms with van der Waals surface area (Å²) in [5.41, 5.74) is 1.50. The van der Waals surface area contributed by atoms with Crippen LogP contribution in [0, 0.1) is 0 Å². The van der Waals surface area contributed by atoms with Crippen molar-refractivity contribution in [3.05, 3.63) is 71.3 Å². The van der Waals surface area contributed by atoms with Crippen LogP contribution in [0.25, 0.3) is 21.5 Å². The molecule has 0 radical (unpaired) electrons. The van der Waals surface area contributed by atoms with E-state index in [4.69, 9.17) is 25.8 Å². The van der Waals surface area contributed by atoms with Gasteiger partial charge >= 0.3 is 5.97 Å². The first-order valence-electron chi connectivity index (χ1n) is 9.14. The van der Waals surface area contributed by atoms with E-state index in [1.54, 1.807) is 6.92 Å². The Kier molecular flexibility index (Phi) is 7.04. The van der Waals surface area contributed by atoms with Crippen molar-refractivity contribution < 1.29 is 19.0 Å². The number of carbonyl (C=O) groups excluding carboxylic acids is 1. The maximum atomic E-state index is 11.3. The van der Waals surface area contributed by atoms with Crippen LogP contribution in [-0.2, 0) is 25.6 Å². The zero-order valence-electron chi connectivity index (χ0n) is 15.9. The molecule has 0 N–H and O–H groups in total. The van der Waals surface area contributed by atoms with Gasteiger partial charge in [-0.3, -0.25) is 0 Å². The third-order valence-corrected chi connectivity index (χ3v) is 4.60. The van der Waals surface area contributed by atoms with Crippen molar-refractivity contribution in [1.82, 2.24) is 0 Å². The smallest absolute Gasteiger partial charge is 0.333 e. The summed E-state index contributed by atoms with van der Waals surface area (Å²) in [6, 6.07) is 16.3. The van der Waals surface area contributed by atoms with Crippen molar-refractivity contribution in [2.75, 3.05) is 26.4 Å². The molecule has 3 aromatic rings. The minimum absolute atomic E-state index is 0.207. The van der Waals surface area contributed by atoms with Crippen molar-refractivity contribution in [3.63, 3.8) is 0 Å². The van der Waals surface area contributed by atoms with E-state index in [0.717, 1.165) is 21.7 Å². The molecule has 3 rings (SSSR count). The number of carbonyl (C=O) groups is 1. The molecule has 0 bridgehead atoms. The van der Waals surface area contributed by atoms with Gasteiger partial charge in [-0.1, -0.05) is 48.5 Å². The average Bonchev–Trinajstić information content (AvgIpc) is 2.69. The van der Waals surface area contributed by atoms with Crippen LogP contribution in [-0.4, -0.2) is 32.4 Å². The van der Waals surface area contributed by atoms with Gasteiger partial charge < -0.3 is 14.2 Å². The van der Waals surface area contributed by atoms with Gasteiger partial charge in [0.1, 0.15) is 6.61 Å². The van der Waals surface area contributed by atoms with Gasteiger partial charge in [-0.25, -0.2) is 4.79 Å². The van der Waals surface area contributed by atoms with E-state index in [1.807, 2.05) is 30.3 Å². The van der Waals surface area contributed by atoms with Crippen LogP contribution in [0.3, 0.4) is 0 Å². The molecule has 3 aromatic carbocycles. The van der Waals surface area contributed by atoms with Crippen LogP contribution in [0.2, 0.25) is 5.02 Å². The molecular formula is C23H23ClO4. The van der Waals surface area contributed by atoms with E-state index < -0.39 is 5.97 Å². The minimum Gasteiger partial charge on any atom is -0.460 e. The Labute approximate surface area is 169 Å². The van der Waals surface area contributed by atoms with E-state index in [2.05, 4.69) is 24.8 Å². The van der Waals surface area contributed by atoms with Gasteiger partial charge in [0, 0.05) is 10.6 Å². The van der Waals surface area contributed by atoms with E-state index in [1.165, 1.54) is 5.39 Å². The molecule has 0 heterocycles. The fraction of sp³-hybridized carbons (Fsp3) is 0.261. The van der Waals surface area contributed by atoms with Crippen LogP contribution in [0.1, 0.15) is 12.5 Å². The Balaban J connectivity index is 1.57. The molecule has 0 saturated heterocycles. The molecule has 0 fully saturated rings. The number of ether oxygens (including phenoxy) is 3. The normalized spacial score (nSPS) is 11.1. The fourth-order valence-electron chi connectivity index (χ4n) is 2.99. The topological polar surface area (TPSA) is 44.8 Å². The highest BCUT2D eigenvalue weighted by Crippen LogP contribution is 2.30. The molecule has 28 heavy (non-hydrogen) atoms. The standard InChI is InChI=1S/C23H23ClO4/c1-16(2)23(25)28-12-11-26-9-10-27-15-22-20-6-4-3-5-17(20)13-18-7-8-19(24)14-21(18)22/h3-8,13-14H,1,9-12,15H2,2H3. The monoisotopic (exact) mass is 398 g/mol. The molecule has 0 aliphatic heterocycles. The summed E-state index contributed by atoms with van der Waals surface area (Å²) in [6.45, 7) is 7.01. The average molecular weight is 399 g/mol. The van der Waals surface area contributed by atoms with E-state index in [-0.39, 0.29) is 6.61 Å². The van der Waals surface area contributed by atoms with Crippen LogP contribution in [0.15, 0.2) is 60.7 Å². The number of halogens is 1. The van der Waals surface area contributed by atoms with Crippen LogP contribution in [0.5, 0.6) is 0 Å². The number of fused-ring (bicyclic) bond motifs is 2. The SMILES string of the molecule is C=C(C)C(=O)OCCOCCOCc1c2ccccc2cc2ccc(Cl)cc12. The number of rotatable bonds is 9. The van der Waals surface area contributed by atoms with Crippen LogP contribution >= 0.6 is 11.6 Å². The zero-order valence-corrected chi connectivity index (χ0v) is 16.6. The fourth-order valence-corrected chi connectivity index (χ4v) is 3.16. The lowest BCUT2D eigenvalue weighted by Crippen LogP contribution is -2.13. The second kappa shape index (κ2) is 9.69. The Morgan fingerprint density at radius 2 is 1.64 bits per heavy atom. The summed E-state index contributed by atoms with van der Waals surface area (Å²) in [4.78, 5) is 11.3. The highest BCUT2D eigenvalue weighted by atomic mass is 35.5. The van der Waals surface area contributed by atoms with Crippen molar-refractivity contribution >= 4 is 39.1 Å². The summed E-state index contributed by atoms with van der Waals surface area (Å²) in [5, 5.41) is 5.27. The summed E-state index contributed by atoms with van der Waals surface area (Å²) in [5.74, 6) is -0.402. The van der Waals surface area contributed by atoms with Crippen molar-refractivity contribution in [1.29, 1.82) is 0 Å². The molecule has 0 saturated carbocycles. The number of esters is 1. The molecule has 0 aliphatic carbocycles. The molecule has 146 valence electrons. The van der Waals surface area contributed by atoms with Gasteiger partial charge in [-0.2, -0.15) is 0 Å². The quantitative estimate of drug-likeness (QED) is 0.212. The summed E-state index contributed by atoms with van der Waals surface area (Å²) < 4.78 is 16.3. The Bertz CT molecular complexity index is 996. The molecule has 0 spiro atoms. The van der Waals surface area contributed by atoms with Crippen molar-refractivity contribution in [3.8, 4) is 0 Å². The van der Waals surface area contributed by atoms with Gasteiger partial charge in [-0.05, 0) is 52.2 Å². The molecule has 5 heteroatoms. The molecule has 0 amide bonds. The van der Waals surface area contributed by atoms with Gasteiger partial charge in [0.25, 0.3) is 0 Å². The molecule has 4 nitrogen and oxygen atoms in total. The molecular weight excluding hydrogens is 376 g/mol. The van der Waals surface area contributed by atoms with Gasteiger partial charge in [0.05, 0.1) is 26.4 Å². The van der Waals surface area contributed by atoms with E-state index in [0.29, 0.717) is 37.0 Å². The lowest BCUT2D eigenvalue weighted by molar-refractivity contribution is -0.140. The largest absolute Gasteiger partial charge is 0.460 e. The first-order chi connectivity index (χ1) is 13.6. The lowest BCUT2D eigenvalue weighted by Gasteiger charge is -2.13. The van der Waals surface area contributed by atoms with Crippen LogP contribution < -0.4 is 0 Å². The van der Waals surface area contributed by atoms with E-state index in [9.17, 15) is 4.79 Å². The molecule has 0 unspecified atom stereocenters. The number of hydrogen-bond donors (Lipinski definition) is 0. The third kappa shape index (κ3) is 5.10. The highest BCUT2D eigenvalue weighted by Gasteiger charge is 2.09. The second-order valence-electron chi connectivity index (χ2n) is 6.52. The second-order valence-corrected chi connectivity index (χ2v) is 6.96. The third-order valence-electron chi connectivity index (χ3n) is 4.37. The predicted molar refractivity (Wildman–Crippen MR) is 113 cm³/mol. The van der Waals surface area contributed by atoms with Gasteiger partial charge in [0.15, 0.2) is 0 Å². The molecule has 0 aromatic heterocycles. The van der Waals surface area contributed by atoms with E-state index >= 15 is 0 Å². The maximum absolute atomic E-state index is 11.3. The Morgan fingerprint density at radius 1 is 0.929 bits per heavy atom. The highest BCUT2D eigenvalue weighted by molar-refractivity contribution is 6.31. The van der Waals surface area contributed by atoms with Crippen LogP contribution in [0.4, 0.5) is 0 Å². The van der Waals surface area contributed by atoms with Gasteiger partial charge in [0.2, 0.25) is 0 Å².